The lowest BCUT2D eigenvalue weighted by Gasteiger charge is -1.89. The first kappa shape index (κ1) is 9.30. The summed E-state index contributed by atoms with van der Waals surface area (Å²) in [6, 6.07) is 3.39. The molecule has 0 unspecified atom stereocenters. The van der Waals surface area contributed by atoms with Gasteiger partial charge in [-0.25, -0.2) is 4.98 Å². The summed E-state index contributed by atoms with van der Waals surface area (Å²) < 4.78 is 10.5. The topological polar surface area (TPSA) is 65.2 Å². The van der Waals surface area contributed by atoms with Gasteiger partial charge < -0.3 is 14.6 Å². The number of oxazole rings is 1. The summed E-state index contributed by atoms with van der Waals surface area (Å²) >= 11 is 5.63. The van der Waals surface area contributed by atoms with E-state index in [1.165, 1.54) is 0 Å². The number of nitrogens with two attached hydrogens (primary N) is 1. The summed E-state index contributed by atoms with van der Waals surface area (Å²) in [5.74, 6) is 1.75. The molecule has 2 aromatic heterocycles. The number of furan rings is 1. The zero-order valence-corrected chi connectivity index (χ0v) is 8.12. The minimum atomic E-state index is 0.330. The molecule has 2 rings (SSSR count). The fourth-order valence-electron chi connectivity index (χ4n) is 1.11. The van der Waals surface area contributed by atoms with Crippen molar-refractivity contribution in [3.63, 3.8) is 0 Å². The summed E-state index contributed by atoms with van der Waals surface area (Å²) in [7, 11) is 0. The molecule has 4 nitrogen and oxygen atoms in total. The van der Waals surface area contributed by atoms with Crippen LogP contribution < -0.4 is 5.73 Å². The van der Waals surface area contributed by atoms with Crippen LogP contribution in [0.5, 0.6) is 0 Å². The normalized spacial score (nSPS) is 10.7. The van der Waals surface area contributed by atoms with Crippen LogP contribution >= 0.6 is 11.6 Å². The number of hydrogen-bond acceptors (Lipinski definition) is 4. The highest BCUT2D eigenvalue weighted by Gasteiger charge is 2.09. The molecule has 0 spiro atoms. The Bertz CT molecular complexity index is 422. The molecule has 0 saturated heterocycles. The maximum Gasteiger partial charge on any atom is 0.196 e. The predicted molar refractivity (Wildman–Crippen MR) is 52.0 cm³/mol. The Hall–Kier alpha value is -1.26. The third-order valence-corrected chi connectivity index (χ3v) is 1.93. The molecule has 5 heteroatoms. The van der Waals surface area contributed by atoms with E-state index in [1.807, 2.05) is 0 Å². The molecule has 0 aromatic carbocycles. The molecular formula is C9H9ClN2O2. The maximum atomic E-state index is 5.63. The number of hydrogen-bond donors (Lipinski definition) is 1. The summed E-state index contributed by atoms with van der Waals surface area (Å²) in [5.41, 5.74) is 5.37. The van der Waals surface area contributed by atoms with Gasteiger partial charge >= 0.3 is 0 Å². The molecule has 0 saturated carbocycles. The van der Waals surface area contributed by atoms with E-state index in [1.54, 1.807) is 18.3 Å². The molecule has 2 heterocycles. The SMILES string of the molecule is NCCc1ncc(-c2ccc(Cl)o2)o1. The largest absolute Gasteiger partial charge is 0.441 e. The van der Waals surface area contributed by atoms with Gasteiger partial charge in [0.2, 0.25) is 0 Å². The minimum absolute atomic E-state index is 0.330. The maximum absolute atomic E-state index is 5.63. The molecule has 0 atom stereocenters. The molecule has 0 aliphatic rings. The van der Waals surface area contributed by atoms with E-state index in [4.69, 9.17) is 26.2 Å². The van der Waals surface area contributed by atoms with Gasteiger partial charge in [-0.1, -0.05) is 0 Å². The number of nitrogens with zero attached hydrogens (tertiary/aromatic N) is 1. The Balaban J connectivity index is 2.24. The van der Waals surface area contributed by atoms with E-state index in [0.717, 1.165) is 0 Å². The van der Waals surface area contributed by atoms with Crippen molar-refractivity contribution in [1.29, 1.82) is 0 Å². The highest BCUT2D eigenvalue weighted by Crippen LogP contribution is 2.25. The second kappa shape index (κ2) is 3.86. The van der Waals surface area contributed by atoms with Crippen molar-refractivity contribution in [3.05, 3.63) is 29.4 Å². The molecule has 2 N–H and O–H groups in total. The zero-order valence-electron chi connectivity index (χ0n) is 7.37. The van der Waals surface area contributed by atoms with Gasteiger partial charge in [-0.2, -0.15) is 0 Å². The Morgan fingerprint density at radius 1 is 1.29 bits per heavy atom. The lowest BCUT2D eigenvalue weighted by Crippen LogP contribution is -2.02. The van der Waals surface area contributed by atoms with E-state index >= 15 is 0 Å². The monoisotopic (exact) mass is 212 g/mol. The van der Waals surface area contributed by atoms with Gasteiger partial charge in [0.15, 0.2) is 22.6 Å². The molecule has 0 bridgehead atoms. The van der Waals surface area contributed by atoms with E-state index in [2.05, 4.69) is 4.98 Å². The van der Waals surface area contributed by atoms with Crippen LogP contribution in [0.2, 0.25) is 5.22 Å². The Morgan fingerprint density at radius 2 is 2.14 bits per heavy atom. The molecule has 0 amide bonds. The van der Waals surface area contributed by atoms with Crippen molar-refractivity contribution in [2.75, 3.05) is 6.54 Å². The second-order valence-electron chi connectivity index (χ2n) is 2.76. The van der Waals surface area contributed by atoms with Crippen molar-refractivity contribution < 1.29 is 8.83 Å². The zero-order chi connectivity index (χ0) is 9.97. The molecule has 14 heavy (non-hydrogen) atoms. The average Bonchev–Trinajstić information content (AvgIpc) is 2.74. The van der Waals surface area contributed by atoms with Gasteiger partial charge in [0, 0.05) is 13.0 Å². The summed E-state index contributed by atoms with van der Waals surface area (Å²) in [6.45, 7) is 0.513. The second-order valence-corrected chi connectivity index (χ2v) is 3.13. The van der Waals surface area contributed by atoms with Crippen LogP contribution in [-0.4, -0.2) is 11.5 Å². The third-order valence-electron chi connectivity index (χ3n) is 1.73. The summed E-state index contributed by atoms with van der Waals surface area (Å²) in [4.78, 5) is 4.04. The van der Waals surface area contributed by atoms with Crippen LogP contribution in [0.4, 0.5) is 0 Å². The summed E-state index contributed by atoms with van der Waals surface area (Å²) in [5, 5.41) is 0.330. The Morgan fingerprint density at radius 3 is 2.79 bits per heavy atom. The number of aromatic nitrogens is 1. The molecule has 0 aliphatic carbocycles. The molecule has 0 fully saturated rings. The van der Waals surface area contributed by atoms with Crippen molar-refractivity contribution in [2.24, 2.45) is 5.73 Å². The highest BCUT2D eigenvalue weighted by atomic mass is 35.5. The average molecular weight is 213 g/mol. The van der Waals surface area contributed by atoms with Gasteiger partial charge in [-0.3, -0.25) is 0 Å². The Kier molecular flexibility index (Phi) is 2.56. The fraction of sp³-hybridized carbons (Fsp3) is 0.222. The molecule has 0 radical (unpaired) electrons. The first-order valence-electron chi connectivity index (χ1n) is 4.20. The highest BCUT2D eigenvalue weighted by molar-refractivity contribution is 6.28. The lowest BCUT2D eigenvalue weighted by molar-refractivity contribution is 0.483. The smallest absolute Gasteiger partial charge is 0.196 e. The van der Waals surface area contributed by atoms with Crippen molar-refractivity contribution in [2.45, 2.75) is 6.42 Å². The Labute approximate surface area is 85.7 Å². The van der Waals surface area contributed by atoms with Gasteiger partial charge in [0.1, 0.15) is 0 Å². The standard InChI is InChI=1S/C9H9ClN2O2/c10-8-2-1-6(13-8)7-5-12-9(14-7)3-4-11/h1-2,5H,3-4,11H2. The van der Waals surface area contributed by atoms with Crippen LogP contribution in [0.3, 0.4) is 0 Å². The van der Waals surface area contributed by atoms with E-state index < -0.39 is 0 Å². The quantitative estimate of drug-likeness (QED) is 0.846. The number of halogens is 1. The van der Waals surface area contributed by atoms with E-state index in [9.17, 15) is 0 Å². The van der Waals surface area contributed by atoms with Crippen LogP contribution in [-0.2, 0) is 6.42 Å². The molecule has 2 aromatic rings. The van der Waals surface area contributed by atoms with Gasteiger partial charge in [-0.15, -0.1) is 0 Å². The van der Waals surface area contributed by atoms with Gasteiger partial charge in [-0.05, 0) is 23.7 Å². The van der Waals surface area contributed by atoms with Gasteiger partial charge in [0.05, 0.1) is 6.20 Å². The van der Waals surface area contributed by atoms with Crippen molar-refractivity contribution >= 4 is 11.6 Å². The van der Waals surface area contributed by atoms with Gasteiger partial charge in [0.25, 0.3) is 0 Å². The van der Waals surface area contributed by atoms with Crippen LogP contribution in [0, 0.1) is 0 Å². The van der Waals surface area contributed by atoms with Crippen molar-refractivity contribution in [3.8, 4) is 11.5 Å². The number of rotatable bonds is 3. The van der Waals surface area contributed by atoms with Crippen molar-refractivity contribution in [1.82, 2.24) is 4.98 Å². The van der Waals surface area contributed by atoms with Crippen LogP contribution in [0.25, 0.3) is 11.5 Å². The fourth-order valence-corrected chi connectivity index (χ4v) is 1.26. The molecular weight excluding hydrogens is 204 g/mol. The lowest BCUT2D eigenvalue weighted by atomic mass is 10.4. The summed E-state index contributed by atoms with van der Waals surface area (Å²) in [6.07, 6.45) is 2.22. The molecule has 0 aliphatic heterocycles. The minimum Gasteiger partial charge on any atom is -0.441 e. The first-order chi connectivity index (χ1) is 6.79. The molecule has 74 valence electrons. The predicted octanol–water partition coefficient (Wildman–Crippen LogP) is 2.09. The third kappa shape index (κ3) is 1.81. The van der Waals surface area contributed by atoms with Crippen LogP contribution in [0.1, 0.15) is 5.89 Å². The first-order valence-corrected chi connectivity index (χ1v) is 4.58. The van der Waals surface area contributed by atoms with E-state index in [-0.39, 0.29) is 0 Å². The van der Waals surface area contributed by atoms with E-state index in [0.29, 0.717) is 35.6 Å². The van der Waals surface area contributed by atoms with Crippen LogP contribution in [0.15, 0.2) is 27.2 Å².